The third-order valence-electron chi connectivity index (χ3n) is 3.20. The predicted molar refractivity (Wildman–Crippen MR) is 64.0 cm³/mol. The van der Waals surface area contributed by atoms with E-state index in [0.29, 0.717) is 5.41 Å². The smallest absolute Gasteiger partial charge is 0.0468 e. The van der Waals surface area contributed by atoms with Crippen molar-refractivity contribution < 1.29 is 4.74 Å². The first-order valence-electron chi connectivity index (χ1n) is 5.56. The highest BCUT2D eigenvalue weighted by Crippen LogP contribution is 2.33. The summed E-state index contributed by atoms with van der Waals surface area (Å²) in [5.41, 5.74) is 0.396. The minimum atomic E-state index is 0.396. The minimum Gasteiger partial charge on any atom is -0.381 e. The van der Waals surface area contributed by atoms with Gasteiger partial charge in [0.15, 0.2) is 0 Å². The van der Waals surface area contributed by atoms with Gasteiger partial charge in [0.05, 0.1) is 0 Å². The van der Waals surface area contributed by atoms with Crippen molar-refractivity contribution in [2.24, 2.45) is 11.3 Å². The molecule has 1 aliphatic rings. The Morgan fingerprint density at radius 2 is 2.00 bits per heavy atom. The lowest BCUT2D eigenvalue weighted by Gasteiger charge is -2.37. The van der Waals surface area contributed by atoms with Gasteiger partial charge in [0.1, 0.15) is 0 Å². The molecule has 0 unspecified atom stereocenters. The summed E-state index contributed by atoms with van der Waals surface area (Å²) in [6, 6.07) is 0. The summed E-state index contributed by atoms with van der Waals surface area (Å²) in [4.78, 5) is 0. The van der Waals surface area contributed by atoms with E-state index in [2.05, 4.69) is 31.8 Å². The van der Waals surface area contributed by atoms with E-state index in [4.69, 9.17) is 4.74 Å². The van der Waals surface area contributed by atoms with Crippen molar-refractivity contribution in [1.82, 2.24) is 5.32 Å². The summed E-state index contributed by atoms with van der Waals surface area (Å²) in [7, 11) is 0. The maximum Gasteiger partial charge on any atom is 0.0468 e. The van der Waals surface area contributed by atoms with Crippen LogP contribution in [0.5, 0.6) is 0 Å². The van der Waals surface area contributed by atoms with Crippen LogP contribution < -0.4 is 5.32 Å². The number of nitrogens with one attached hydrogen (secondary N) is 1. The SMILES string of the molecule is CC(C)(CNCCS)C1CCOCC1. The third kappa shape index (κ3) is 3.79. The standard InChI is InChI=1S/C11H23NOS/c1-11(2,9-12-5-8-14)10-3-6-13-7-4-10/h10,12,14H,3-9H2,1-2H3. The van der Waals surface area contributed by atoms with Gasteiger partial charge in [-0.2, -0.15) is 12.6 Å². The van der Waals surface area contributed by atoms with Crippen LogP contribution in [0.3, 0.4) is 0 Å². The van der Waals surface area contributed by atoms with Crippen molar-refractivity contribution in [3.63, 3.8) is 0 Å². The van der Waals surface area contributed by atoms with Crippen LogP contribution in [0.25, 0.3) is 0 Å². The Balaban J connectivity index is 2.29. The maximum atomic E-state index is 5.39. The fourth-order valence-corrected chi connectivity index (χ4v) is 2.27. The summed E-state index contributed by atoms with van der Waals surface area (Å²) < 4.78 is 5.39. The molecule has 1 fully saturated rings. The molecule has 0 atom stereocenters. The molecule has 84 valence electrons. The average Bonchev–Trinajstić information content (AvgIpc) is 2.19. The molecule has 1 heterocycles. The van der Waals surface area contributed by atoms with Gasteiger partial charge in [-0.05, 0) is 24.2 Å². The fourth-order valence-electron chi connectivity index (χ4n) is 2.11. The average molecular weight is 217 g/mol. The third-order valence-corrected chi connectivity index (χ3v) is 3.42. The molecule has 3 heteroatoms. The molecule has 0 spiro atoms. The molecule has 1 rings (SSSR count). The number of thiol groups is 1. The van der Waals surface area contributed by atoms with Gasteiger partial charge in [0, 0.05) is 32.1 Å². The highest BCUT2D eigenvalue weighted by molar-refractivity contribution is 7.80. The first kappa shape index (κ1) is 12.3. The second-order valence-corrected chi connectivity index (χ2v) is 5.22. The monoisotopic (exact) mass is 217 g/mol. The van der Waals surface area contributed by atoms with Gasteiger partial charge in [-0.15, -0.1) is 0 Å². The molecular weight excluding hydrogens is 194 g/mol. The zero-order chi connectivity index (χ0) is 10.4. The highest BCUT2D eigenvalue weighted by Gasteiger charge is 2.30. The van der Waals surface area contributed by atoms with Crippen LogP contribution in [0.2, 0.25) is 0 Å². The first-order valence-corrected chi connectivity index (χ1v) is 6.19. The van der Waals surface area contributed by atoms with Crippen LogP contribution >= 0.6 is 12.6 Å². The van der Waals surface area contributed by atoms with E-state index in [1.54, 1.807) is 0 Å². The highest BCUT2D eigenvalue weighted by atomic mass is 32.1. The number of ether oxygens (including phenoxy) is 1. The van der Waals surface area contributed by atoms with E-state index in [1.165, 1.54) is 12.8 Å². The fraction of sp³-hybridized carbons (Fsp3) is 1.00. The topological polar surface area (TPSA) is 21.3 Å². The number of hydrogen-bond donors (Lipinski definition) is 2. The molecule has 1 saturated heterocycles. The molecule has 2 nitrogen and oxygen atoms in total. The number of rotatable bonds is 5. The van der Waals surface area contributed by atoms with Crippen LogP contribution in [-0.4, -0.2) is 32.1 Å². The molecule has 0 saturated carbocycles. The van der Waals surface area contributed by atoms with Gasteiger partial charge in [0.25, 0.3) is 0 Å². The lowest BCUT2D eigenvalue weighted by molar-refractivity contribution is 0.0230. The zero-order valence-electron chi connectivity index (χ0n) is 9.38. The Hall–Kier alpha value is 0.270. The van der Waals surface area contributed by atoms with Crippen molar-refractivity contribution in [1.29, 1.82) is 0 Å². The molecule has 0 amide bonds. The summed E-state index contributed by atoms with van der Waals surface area (Å²) in [5.74, 6) is 1.73. The second kappa shape index (κ2) is 5.99. The minimum absolute atomic E-state index is 0.396. The van der Waals surface area contributed by atoms with E-state index in [-0.39, 0.29) is 0 Å². The zero-order valence-corrected chi connectivity index (χ0v) is 10.3. The Kier molecular flexibility index (Phi) is 5.28. The van der Waals surface area contributed by atoms with Crippen molar-refractivity contribution in [2.75, 3.05) is 32.1 Å². The second-order valence-electron chi connectivity index (χ2n) is 4.78. The molecule has 0 aliphatic carbocycles. The Morgan fingerprint density at radius 1 is 1.36 bits per heavy atom. The van der Waals surface area contributed by atoms with Gasteiger partial charge in [-0.1, -0.05) is 13.8 Å². The largest absolute Gasteiger partial charge is 0.381 e. The molecule has 1 N–H and O–H groups in total. The molecule has 0 aromatic heterocycles. The van der Waals surface area contributed by atoms with Crippen LogP contribution in [0.15, 0.2) is 0 Å². The molecule has 14 heavy (non-hydrogen) atoms. The van der Waals surface area contributed by atoms with Crippen LogP contribution in [0.4, 0.5) is 0 Å². The molecule has 0 radical (unpaired) electrons. The van der Waals surface area contributed by atoms with Crippen molar-refractivity contribution in [3.8, 4) is 0 Å². The molecular formula is C11H23NOS. The van der Waals surface area contributed by atoms with Crippen LogP contribution in [0, 0.1) is 11.3 Å². The molecule has 0 aromatic rings. The van der Waals surface area contributed by atoms with Crippen LogP contribution in [0.1, 0.15) is 26.7 Å². The van der Waals surface area contributed by atoms with Gasteiger partial charge in [0.2, 0.25) is 0 Å². The van der Waals surface area contributed by atoms with Gasteiger partial charge >= 0.3 is 0 Å². The quantitative estimate of drug-likeness (QED) is 0.542. The maximum absolute atomic E-state index is 5.39. The van der Waals surface area contributed by atoms with Gasteiger partial charge in [-0.3, -0.25) is 0 Å². The van der Waals surface area contributed by atoms with Crippen molar-refractivity contribution >= 4 is 12.6 Å². The van der Waals surface area contributed by atoms with E-state index in [1.807, 2.05) is 0 Å². The van der Waals surface area contributed by atoms with E-state index < -0.39 is 0 Å². The van der Waals surface area contributed by atoms with Gasteiger partial charge < -0.3 is 10.1 Å². The van der Waals surface area contributed by atoms with E-state index in [9.17, 15) is 0 Å². The lowest BCUT2D eigenvalue weighted by Crippen LogP contribution is -2.39. The lowest BCUT2D eigenvalue weighted by atomic mass is 9.74. The van der Waals surface area contributed by atoms with Crippen molar-refractivity contribution in [3.05, 3.63) is 0 Å². The van der Waals surface area contributed by atoms with E-state index in [0.717, 1.165) is 38.0 Å². The van der Waals surface area contributed by atoms with Crippen LogP contribution in [-0.2, 0) is 4.74 Å². The molecule has 1 aliphatic heterocycles. The Morgan fingerprint density at radius 3 is 2.57 bits per heavy atom. The van der Waals surface area contributed by atoms with E-state index >= 15 is 0 Å². The Bertz CT molecular complexity index is 155. The number of hydrogen-bond acceptors (Lipinski definition) is 3. The summed E-state index contributed by atoms with van der Waals surface area (Å²) in [6.07, 6.45) is 2.44. The summed E-state index contributed by atoms with van der Waals surface area (Å²) in [5, 5.41) is 3.46. The normalized spacial score (nSPS) is 19.9. The Labute approximate surface area is 93.2 Å². The summed E-state index contributed by atoms with van der Waals surface area (Å²) >= 11 is 4.19. The van der Waals surface area contributed by atoms with Crippen molar-refractivity contribution in [2.45, 2.75) is 26.7 Å². The first-order chi connectivity index (χ1) is 6.67. The molecule has 0 aromatic carbocycles. The predicted octanol–water partition coefficient (Wildman–Crippen LogP) is 1.96. The summed E-state index contributed by atoms with van der Waals surface area (Å²) in [6.45, 7) is 8.71. The molecule has 0 bridgehead atoms. The van der Waals surface area contributed by atoms with Gasteiger partial charge in [-0.25, -0.2) is 0 Å².